The maximum absolute atomic E-state index is 10.4. The quantitative estimate of drug-likeness (QED) is 0.767. The second-order valence-electron chi connectivity index (χ2n) is 6.23. The Kier molecular flexibility index (Phi) is 4.15. The average molecular weight is 323 g/mol. The highest BCUT2D eigenvalue weighted by atomic mass is 16.3. The summed E-state index contributed by atoms with van der Waals surface area (Å²) in [5.41, 5.74) is 0.987. The van der Waals surface area contributed by atoms with Crippen LogP contribution in [0, 0.1) is 0 Å². The van der Waals surface area contributed by atoms with E-state index in [9.17, 15) is 5.11 Å². The third-order valence-corrected chi connectivity index (χ3v) is 4.42. The monoisotopic (exact) mass is 323 g/mol. The summed E-state index contributed by atoms with van der Waals surface area (Å²) in [5, 5.41) is 11.5. The van der Waals surface area contributed by atoms with Crippen molar-refractivity contribution < 1.29 is 5.11 Å². The average Bonchev–Trinajstić information content (AvgIpc) is 3.03. The minimum atomic E-state index is -0.407. The van der Waals surface area contributed by atoms with Crippen LogP contribution in [0.4, 0.5) is 5.82 Å². The maximum atomic E-state index is 10.4. The molecule has 2 N–H and O–H groups in total. The molecule has 0 spiro atoms. The number of benzene rings is 1. The number of fused-ring (bicyclic) bond motifs is 1. The molecule has 1 aromatic carbocycles. The lowest BCUT2D eigenvalue weighted by Gasteiger charge is -2.23. The van der Waals surface area contributed by atoms with Crippen LogP contribution in [-0.4, -0.2) is 57.2 Å². The lowest BCUT2D eigenvalue weighted by molar-refractivity contribution is 0.128. The molecule has 24 heavy (non-hydrogen) atoms. The Labute approximate surface area is 140 Å². The Morgan fingerprint density at radius 3 is 2.92 bits per heavy atom. The predicted octanol–water partition coefficient (Wildman–Crippen LogP) is 1.64. The van der Waals surface area contributed by atoms with Crippen LogP contribution in [0.25, 0.3) is 10.9 Å². The van der Waals surface area contributed by atoms with Gasteiger partial charge in [0.05, 0.1) is 18.2 Å². The third kappa shape index (κ3) is 3.25. The first-order chi connectivity index (χ1) is 11.8. The van der Waals surface area contributed by atoms with Crippen LogP contribution in [0.3, 0.4) is 0 Å². The van der Waals surface area contributed by atoms with Gasteiger partial charge >= 0.3 is 0 Å². The van der Waals surface area contributed by atoms with Crippen molar-refractivity contribution in [1.29, 1.82) is 0 Å². The second-order valence-corrected chi connectivity index (χ2v) is 6.23. The highest BCUT2D eigenvalue weighted by Gasteiger charge is 2.22. The van der Waals surface area contributed by atoms with Crippen molar-refractivity contribution in [2.75, 3.05) is 31.1 Å². The number of nitrogens with one attached hydrogen (secondary N) is 1. The van der Waals surface area contributed by atoms with E-state index in [1.807, 2.05) is 30.5 Å². The number of anilines is 1. The lowest BCUT2D eigenvalue weighted by atomic mass is 10.2. The molecule has 3 heterocycles. The Balaban J connectivity index is 1.51. The molecule has 1 atom stereocenters. The number of nitrogens with zero attached hydrogens (tertiary/aromatic N) is 4. The molecule has 0 aliphatic carbocycles. The van der Waals surface area contributed by atoms with Crippen LogP contribution < -0.4 is 4.90 Å². The highest BCUT2D eigenvalue weighted by molar-refractivity contribution is 5.80. The van der Waals surface area contributed by atoms with Gasteiger partial charge < -0.3 is 15.0 Å². The minimum Gasteiger partial charge on any atom is -0.390 e. The predicted molar refractivity (Wildman–Crippen MR) is 93.8 cm³/mol. The Hall–Kier alpha value is -2.44. The molecule has 4 rings (SSSR count). The van der Waals surface area contributed by atoms with Gasteiger partial charge in [0, 0.05) is 44.0 Å². The molecule has 0 bridgehead atoms. The number of rotatable bonds is 3. The van der Waals surface area contributed by atoms with Crippen LogP contribution in [0.15, 0.2) is 48.8 Å². The first-order valence-corrected chi connectivity index (χ1v) is 8.27. The molecule has 1 saturated heterocycles. The van der Waals surface area contributed by atoms with E-state index in [-0.39, 0.29) is 0 Å². The molecule has 1 aliphatic heterocycles. The number of imidazole rings is 1. The number of β-amino-alcohol motifs (C(OH)–C–C–N with tert-alkyl or cyclic N) is 1. The largest absolute Gasteiger partial charge is 0.390 e. The summed E-state index contributed by atoms with van der Waals surface area (Å²) in [5.74, 6) is 1.85. The molecule has 6 nitrogen and oxygen atoms in total. The topological polar surface area (TPSA) is 68.3 Å². The summed E-state index contributed by atoms with van der Waals surface area (Å²) >= 11 is 0. The van der Waals surface area contributed by atoms with E-state index < -0.39 is 6.10 Å². The van der Waals surface area contributed by atoms with Crippen molar-refractivity contribution >= 4 is 16.7 Å². The van der Waals surface area contributed by atoms with E-state index in [0.717, 1.165) is 42.2 Å². The SMILES string of the molecule is OC1CN(Cc2ncc[nH]2)CCN(c2ccc3ccccc3n2)C1. The van der Waals surface area contributed by atoms with E-state index in [1.54, 1.807) is 6.20 Å². The zero-order valence-electron chi connectivity index (χ0n) is 13.5. The van der Waals surface area contributed by atoms with Crippen molar-refractivity contribution in [1.82, 2.24) is 19.9 Å². The molecule has 1 unspecified atom stereocenters. The fourth-order valence-electron chi connectivity index (χ4n) is 3.23. The lowest BCUT2D eigenvalue weighted by Crippen LogP contribution is -2.33. The van der Waals surface area contributed by atoms with Crippen molar-refractivity contribution in [2.24, 2.45) is 0 Å². The Morgan fingerprint density at radius 1 is 1.12 bits per heavy atom. The van der Waals surface area contributed by atoms with Gasteiger partial charge in [-0.1, -0.05) is 18.2 Å². The number of aliphatic hydroxyl groups excluding tert-OH is 1. The molecular weight excluding hydrogens is 302 g/mol. The zero-order chi connectivity index (χ0) is 16.4. The van der Waals surface area contributed by atoms with E-state index >= 15 is 0 Å². The van der Waals surface area contributed by atoms with Crippen LogP contribution in [0.5, 0.6) is 0 Å². The van der Waals surface area contributed by atoms with E-state index in [0.29, 0.717) is 13.1 Å². The summed E-state index contributed by atoms with van der Waals surface area (Å²) in [4.78, 5) is 16.5. The highest BCUT2D eigenvalue weighted by Crippen LogP contribution is 2.19. The smallest absolute Gasteiger partial charge is 0.129 e. The van der Waals surface area contributed by atoms with Gasteiger partial charge in [0.1, 0.15) is 11.6 Å². The molecule has 1 aliphatic rings. The standard InChI is InChI=1S/C18H21N5O/c24-15-11-22(13-17-19-7-8-20-17)9-10-23(12-15)18-6-5-14-3-1-2-4-16(14)21-18/h1-8,15,24H,9-13H2,(H,19,20). The van der Waals surface area contributed by atoms with Crippen LogP contribution in [0.2, 0.25) is 0 Å². The number of aromatic amines is 1. The molecule has 3 aromatic rings. The van der Waals surface area contributed by atoms with Crippen LogP contribution >= 0.6 is 0 Å². The van der Waals surface area contributed by atoms with Gasteiger partial charge in [-0.25, -0.2) is 9.97 Å². The number of hydrogen-bond acceptors (Lipinski definition) is 5. The third-order valence-electron chi connectivity index (χ3n) is 4.42. The second kappa shape index (κ2) is 6.59. The molecule has 0 amide bonds. The van der Waals surface area contributed by atoms with E-state index in [1.165, 1.54) is 0 Å². The summed E-state index contributed by atoms with van der Waals surface area (Å²) in [6, 6.07) is 12.2. The number of H-pyrrole nitrogens is 1. The van der Waals surface area contributed by atoms with Gasteiger partial charge in [-0.2, -0.15) is 0 Å². The molecule has 6 heteroatoms. The molecule has 0 radical (unpaired) electrons. The molecule has 124 valence electrons. The van der Waals surface area contributed by atoms with Crippen molar-refractivity contribution in [3.8, 4) is 0 Å². The molecular formula is C18H21N5O. The van der Waals surface area contributed by atoms with E-state index in [4.69, 9.17) is 4.98 Å². The summed E-state index contributed by atoms with van der Waals surface area (Å²) in [6.45, 7) is 3.67. The molecule has 2 aromatic heterocycles. The maximum Gasteiger partial charge on any atom is 0.129 e. The Bertz CT molecular complexity index is 804. The van der Waals surface area contributed by atoms with Crippen molar-refractivity contribution in [2.45, 2.75) is 12.6 Å². The first-order valence-electron chi connectivity index (χ1n) is 8.27. The van der Waals surface area contributed by atoms with Gasteiger partial charge in [0.15, 0.2) is 0 Å². The summed E-state index contributed by atoms with van der Waals surface area (Å²) in [6.07, 6.45) is 3.18. The molecule has 0 saturated carbocycles. The van der Waals surface area contributed by atoms with Crippen LogP contribution in [-0.2, 0) is 6.54 Å². The fraction of sp³-hybridized carbons (Fsp3) is 0.333. The minimum absolute atomic E-state index is 0.407. The molecule has 1 fully saturated rings. The van der Waals surface area contributed by atoms with Gasteiger partial charge in [-0.15, -0.1) is 0 Å². The number of aromatic nitrogens is 3. The summed E-state index contributed by atoms with van der Waals surface area (Å²) in [7, 11) is 0. The zero-order valence-corrected chi connectivity index (χ0v) is 13.5. The number of pyridine rings is 1. The Morgan fingerprint density at radius 2 is 2.04 bits per heavy atom. The van der Waals surface area contributed by atoms with Crippen LogP contribution in [0.1, 0.15) is 5.82 Å². The number of para-hydroxylation sites is 1. The van der Waals surface area contributed by atoms with Gasteiger partial charge in [-0.05, 0) is 18.2 Å². The van der Waals surface area contributed by atoms with Gasteiger partial charge in [0.2, 0.25) is 0 Å². The van der Waals surface area contributed by atoms with Crippen molar-refractivity contribution in [3.63, 3.8) is 0 Å². The normalized spacial score (nSPS) is 19.5. The number of aliphatic hydroxyl groups is 1. The van der Waals surface area contributed by atoms with Gasteiger partial charge in [-0.3, -0.25) is 4.90 Å². The first kappa shape index (κ1) is 15.1. The fourth-order valence-corrected chi connectivity index (χ4v) is 3.23. The number of hydrogen-bond donors (Lipinski definition) is 2. The van der Waals surface area contributed by atoms with Gasteiger partial charge in [0.25, 0.3) is 0 Å². The summed E-state index contributed by atoms with van der Waals surface area (Å²) < 4.78 is 0. The van der Waals surface area contributed by atoms with Crippen molar-refractivity contribution in [3.05, 3.63) is 54.6 Å². The van der Waals surface area contributed by atoms with E-state index in [2.05, 4.69) is 31.9 Å².